The molecule has 0 radical (unpaired) electrons. The predicted molar refractivity (Wildman–Crippen MR) is 79.2 cm³/mol. The third kappa shape index (κ3) is 3.26. The summed E-state index contributed by atoms with van der Waals surface area (Å²) in [5.74, 6) is 0.934. The van der Waals surface area contributed by atoms with Crippen molar-refractivity contribution in [3.63, 3.8) is 0 Å². The van der Waals surface area contributed by atoms with Crippen LogP contribution in [0.25, 0.3) is 0 Å². The topological polar surface area (TPSA) is 41.6 Å². The number of anilines is 1. The fourth-order valence-corrected chi connectivity index (χ4v) is 2.23. The number of carbonyl (C=O) groups is 1. The van der Waals surface area contributed by atoms with Gasteiger partial charge in [-0.05, 0) is 50.1 Å². The summed E-state index contributed by atoms with van der Waals surface area (Å²) in [4.78, 5) is 13.8. The van der Waals surface area contributed by atoms with Gasteiger partial charge < -0.3 is 15.0 Å². The van der Waals surface area contributed by atoms with Crippen molar-refractivity contribution in [3.05, 3.63) is 22.8 Å². The zero-order valence-electron chi connectivity index (χ0n) is 12.8. The number of nitrogens with one attached hydrogen (secondary N) is 1. The van der Waals surface area contributed by atoms with Gasteiger partial charge in [0.2, 0.25) is 5.91 Å². The molecule has 0 unspecified atom stereocenters. The first kappa shape index (κ1) is 15.5. The second-order valence-electron chi connectivity index (χ2n) is 4.73. The molecule has 0 fully saturated rings. The Labute approximate surface area is 115 Å². The predicted octanol–water partition coefficient (Wildman–Crippen LogP) is 2.19. The van der Waals surface area contributed by atoms with E-state index in [9.17, 15) is 4.79 Å². The number of hydrogen-bond acceptors (Lipinski definition) is 3. The molecule has 0 saturated carbocycles. The van der Waals surface area contributed by atoms with Crippen LogP contribution < -0.4 is 15.0 Å². The molecule has 1 aromatic carbocycles. The number of rotatable bonds is 5. The first-order valence-corrected chi connectivity index (χ1v) is 6.56. The van der Waals surface area contributed by atoms with E-state index in [1.807, 2.05) is 40.8 Å². The Bertz CT molecular complexity index is 470. The molecule has 19 heavy (non-hydrogen) atoms. The van der Waals surface area contributed by atoms with Crippen molar-refractivity contribution in [2.45, 2.75) is 27.7 Å². The van der Waals surface area contributed by atoms with Crippen LogP contribution >= 0.6 is 0 Å². The third-order valence-corrected chi connectivity index (χ3v) is 3.46. The van der Waals surface area contributed by atoms with E-state index in [4.69, 9.17) is 4.74 Å². The molecule has 1 amide bonds. The highest BCUT2D eigenvalue weighted by Crippen LogP contribution is 2.33. The monoisotopic (exact) mass is 264 g/mol. The maximum Gasteiger partial charge on any atom is 0.240 e. The number of benzene rings is 1. The highest BCUT2D eigenvalue weighted by atomic mass is 16.5. The normalized spacial score (nSPS) is 10.4. The first-order valence-electron chi connectivity index (χ1n) is 6.56. The molecule has 1 N–H and O–H groups in total. The minimum atomic E-state index is 0.0672. The molecule has 106 valence electrons. The molecule has 4 heteroatoms. The van der Waals surface area contributed by atoms with Crippen LogP contribution in [0.5, 0.6) is 5.75 Å². The van der Waals surface area contributed by atoms with Gasteiger partial charge in [0.05, 0.1) is 13.7 Å². The number of methoxy groups -OCH3 is 1. The number of hydrogen-bond donors (Lipinski definition) is 1. The van der Waals surface area contributed by atoms with E-state index in [-0.39, 0.29) is 5.91 Å². The number of amides is 1. The van der Waals surface area contributed by atoms with Gasteiger partial charge in [-0.15, -0.1) is 0 Å². The molecule has 1 aromatic rings. The van der Waals surface area contributed by atoms with E-state index in [0.717, 1.165) is 34.7 Å². The Hall–Kier alpha value is -1.55. The van der Waals surface area contributed by atoms with E-state index in [1.165, 1.54) is 0 Å². The first-order chi connectivity index (χ1) is 8.93. The Morgan fingerprint density at radius 2 is 1.95 bits per heavy atom. The average molecular weight is 264 g/mol. The standard InChI is InChI=1S/C15H24N2O2/c1-7-16-9-14(18)17(5)15-10(2)8-13(19-6)11(3)12(15)4/h8,16H,7,9H2,1-6H3. The molecule has 0 aliphatic rings. The third-order valence-electron chi connectivity index (χ3n) is 3.46. The van der Waals surface area contributed by atoms with Crippen molar-refractivity contribution in [3.8, 4) is 5.75 Å². The van der Waals surface area contributed by atoms with Gasteiger partial charge >= 0.3 is 0 Å². The lowest BCUT2D eigenvalue weighted by atomic mass is 10.0. The number of likely N-dealkylation sites (N-methyl/N-ethyl adjacent to an activating group) is 2. The minimum absolute atomic E-state index is 0.0672. The maximum atomic E-state index is 12.1. The second-order valence-corrected chi connectivity index (χ2v) is 4.73. The molecular weight excluding hydrogens is 240 g/mol. The van der Waals surface area contributed by atoms with Crippen LogP contribution in [0.3, 0.4) is 0 Å². The van der Waals surface area contributed by atoms with Crippen molar-refractivity contribution < 1.29 is 9.53 Å². The van der Waals surface area contributed by atoms with Gasteiger partial charge in [0.25, 0.3) is 0 Å². The van der Waals surface area contributed by atoms with Gasteiger partial charge in [-0.25, -0.2) is 0 Å². The van der Waals surface area contributed by atoms with Gasteiger partial charge in [-0.2, -0.15) is 0 Å². The van der Waals surface area contributed by atoms with Crippen molar-refractivity contribution in [2.75, 3.05) is 32.1 Å². The Morgan fingerprint density at radius 3 is 2.47 bits per heavy atom. The lowest BCUT2D eigenvalue weighted by Gasteiger charge is -2.24. The van der Waals surface area contributed by atoms with Crippen LogP contribution in [0.15, 0.2) is 6.07 Å². The zero-order chi connectivity index (χ0) is 14.6. The number of ether oxygens (including phenoxy) is 1. The molecule has 1 rings (SSSR count). The molecule has 0 bridgehead atoms. The van der Waals surface area contributed by atoms with Crippen LogP contribution in [0.2, 0.25) is 0 Å². The summed E-state index contributed by atoms with van der Waals surface area (Å²) in [6.07, 6.45) is 0. The summed E-state index contributed by atoms with van der Waals surface area (Å²) in [7, 11) is 3.49. The molecule has 0 aliphatic heterocycles. The molecular formula is C15H24N2O2. The van der Waals surface area contributed by atoms with Crippen molar-refractivity contribution in [1.82, 2.24) is 5.32 Å². The fraction of sp³-hybridized carbons (Fsp3) is 0.533. The van der Waals surface area contributed by atoms with E-state index in [2.05, 4.69) is 5.32 Å². The van der Waals surface area contributed by atoms with Crippen LogP contribution in [0, 0.1) is 20.8 Å². The van der Waals surface area contributed by atoms with E-state index >= 15 is 0 Å². The number of aryl methyl sites for hydroxylation is 1. The van der Waals surface area contributed by atoms with Crippen LogP contribution in [0.1, 0.15) is 23.6 Å². The molecule has 0 spiro atoms. The van der Waals surface area contributed by atoms with Crippen molar-refractivity contribution >= 4 is 11.6 Å². The van der Waals surface area contributed by atoms with E-state index in [1.54, 1.807) is 12.0 Å². The molecule has 0 aromatic heterocycles. The lowest BCUT2D eigenvalue weighted by Crippen LogP contribution is -2.36. The average Bonchev–Trinajstić information content (AvgIpc) is 2.39. The van der Waals surface area contributed by atoms with Gasteiger partial charge in [0.1, 0.15) is 5.75 Å². The SMILES string of the molecule is CCNCC(=O)N(C)c1c(C)cc(OC)c(C)c1C. The molecule has 0 heterocycles. The van der Waals surface area contributed by atoms with E-state index < -0.39 is 0 Å². The van der Waals surface area contributed by atoms with Gasteiger partial charge in [0.15, 0.2) is 0 Å². The summed E-state index contributed by atoms with van der Waals surface area (Å²) in [6, 6.07) is 1.98. The lowest BCUT2D eigenvalue weighted by molar-refractivity contribution is -0.117. The summed E-state index contributed by atoms with van der Waals surface area (Å²) >= 11 is 0. The van der Waals surface area contributed by atoms with Crippen LogP contribution in [-0.2, 0) is 4.79 Å². The minimum Gasteiger partial charge on any atom is -0.496 e. The molecule has 4 nitrogen and oxygen atoms in total. The number of nitrogens with zero attached hydrogens (tertiary/aromatic N) is 1. The zero-order valence-corrected chi connectivity index (χ0v) is 12.8. The van der Waals surface area contributed by atoms with Gasteiger partial charge in [-0.3, -0.25) is 4.79 Å². The Morgan fingerprint density at radius 1 is 1.32 bits per heavy atom. The number of carbonyl (C=O) groups excluding carboxylic acids is 1. The van der Waals surface area contributed by atoms with Gasteiger partial charge in [0, 0.05) is 12.7 Å². The van der Waals surface area contributed by atoms with Crippen LogP contribution in [-0.4, -0.2) is 33.2 Å². The fourth-order valence-electron chi connectivity index (χ4n) is 2.23. The molecule has 0 saturated heterocycles. The summed E-state index contributed by atoms with van der Waals surface area (Å²) in [5.41, 5.74) is 4.18. The quantitative estimate of drug-likeness (QED) is 0.886. The van der Waals surface area contributed by atoms with Gasteiger partial charge in [-0.1, -0.05) is 6.92 Å². The Balaban J connectivity index is 3.13. The summed E-state index contributed by atoms with van der Waals surface area (Å²) < 4.78 is 5.35. The second kappa shape index (κ2) is 6.57. The highest BCUT2D eigenvalue weighted by Gasteiger charge is 2.18. The molecule has 0 aliphatic carbocycles. The smallest absolute Gasteiger partial charge is 0.240 e. The summed E-state index contributed by atoms with van der Waals surface area (Å²) in [6.45, 7) is 9.18. The van der Waals surface area contributed by atoms with E-state index in [0.29, 0.717) is 6.54 Å². The largest absolute Gasteiger partial charge is 0.496 e. The highest BCUT2D eigenvalue weighted by molar-refractivity contribution is 5.96. The summed E-state index contributed by atoms with van der Waals surface area (Å²) in [5, 5.41) is 3.06. The molecule has 0 atom stereocenters. The maximum absolute atomic E-state index is 12.1. The van der Waals surface area contributed by atoms with Crippen LogP contribution in [0.4, 0.5) is 5.69 Å². The van der Waals surface area contributed by atoms with Crippen molar-refractivity contribution in [2.24, 2.45) is 0 Å². The Kier molecular flexibility index (Phi) is 5.36. The van der Waals surface area contributed by atoms with Crippen molar-refractivity contribution in [1.29, 1.82) is 0 Å².